The fraction of sp³-hybridized carbons (Fsp3) is 0.421. The predicted octanol–water partition coefficient (Wildman–Crippen LogP) is 1.86. The molecule has 2 heterocycles. The Morgan fingerprint density at radius 2 is 1.96 bits per heavy atom. The lowest BCUT2D eigenvalue weighted by molar-refractivity contribution is -0.133. The first-order valence-corrected chi connectivity index (χ1v) is 8.75. The zero-order valence-corrected chi connectivity index (χ0v) is 14.4. The second-order valence-electron chi connectivity index (χ2n) is 6.50. The van der Waals surface area contributed by atoms with E-state index < -0.39 is 0 Å². The summed E-state index contributed by atoms with van der Waals surface area (Å²) in [6.45, 7) is 2.90. The number of benzene rings is 1. The van der Waals surface area contributed by atoms with Crippen LogP contribution in [0.1, 0.15) is 23.5 Å². The number of rotatable bonds is 3. The third-order valence-electron chi connectivity index (χ3n) is 5.13. The van der Waals surface area contributed by atoms with Gasteiger partial charge in [-0.1, -0.05) is 24.3 Å². The molecule has 1 aromatic carbocycles. The van der Waals surface area contributed by atoms with Crippen molar-refractivity contribution in [2.75, 3.05) is 38.2 Å². The lowest BCUT2D eigenvalue weighted by Gasteiger charge is -2.36. The summed E-state index contributed by atoms with van der Waals surface area (Å²) in [6.07, 6.45) is 3.63. The van der Waals surface area contributed by atoms with Gasteiger partial charge in [0.15, 0.2) is 0 Å². The van der Waals surface area contributed by atoms with Crippen molar-refractivity contribution in [3.8, 4) is 5.88 Å². The van der Waals surface area contributed by atoms with Gasteiger partial charge in [0.05, 0.1) is 13.0 Å². The number of ether oxygens (including phenoxy) is 1. The molecule has 1 aromatic heterocycles. The maximum atomic E-state index is 13.0. The Bertz CT molecular complexity index is 772. The topological polar surface area (TPSA) is 58.6 Å². The van der Waals surface area contributed by atoms with Crippen LogP contribution in [0.2, 0.25) is 0 Å². The normalized spacial score (nSPS) is 19.6. The quantitative estimate of drug-likeness (QED) is 0.855. The predicted molar refractivity (Wildman–Crippen MR) is 94.9 cm³/mol. The third-order valence-corrected chi connectivity index (χ3v) is 5.13. The number of carbonyl (C=O) groups is 1. The van der Waals surface area contributed by atoms with Gasteiger partial charge < -0.3 is 14.5 Å². The summed E-state index contributed by atoms with van der Waals surface area (Å²) in [7, 11) is 1.60. The van der Waals surface area contributed by atoms with Crippen LogP contribution in [0.3, 0.4) is 0 Å². The van der Waals surface area contributed by atoms with E-state index in [1.54, 1.807) is 19.4 Å². The van der Waals surface area contributed by atoms with Crippen molar-refractivity contribution in [1.82, 2.24) is 14.9 Å². The van der Waals surface area contributed by atoms with Crippen LogP contribution in [0.5, 0.6) is 5.88 Å². The summed E-state index contributed by atoms with van der Waals surface area (Å²) in [5, 5.41) is 0. The van der Waals surface area contributed by atoms with Gasteiger partial charge >= 0.3 is 0 Å². The van der Waals surface area contributed by atoms with Gasteiger partial charge in [0.2, 0.25) is 17.7 Å². The van der Waals surface area contributed by atoms with Gasteiger partial charge in [0.1, 0.15) is 0 Å². The molecule has 1 amide bonds. The Balaban J connectivity index is 1.41. The van der Waals surface area contributed by atoms with E-state index in [4.69, 9.17) is 4.74 Å². The molecule has 0 radical (unpaired) electrons. The Morgan fingerprint density at radius 1 is 1.16 bits per heavy atom. The molecule has 2 aromatic rings. The SMILES string of the molecule is COc1ccnc(N2CCN(C(=O)C3CCc4ccccc43)CC2)n1. The van der Waals surface area contributed by atoms with Crippen molar-refractivity contribution in [1.29, 1.82) is 0 Å². The first-order valence-electron chi connectivity index (χ1n) is 8.75. The molecule has 1 saturated heterocycles. The zero-order valence-electron chi connectivity index (χ0n) is 14.4. The van der Waals surface area contributed by atoms with Gasteiger partial charge in [-0.15, -0.1) is 0 Å². The van der Waals surface area contributed by atoms with Crippen LogP contribution in [0, 0.1) is 0 Å². The van der Waals surface area contributed by atoms with Crippen LogP contribution in [0.4, 0.5) is 5.95 Å². The molecule has 0 saturated carbocycles. The fourth-order valence-electron chi connectivity index (χ4n) is 3.76. The van der Waals surface area contributed by atoms with Crippen LogP contribution in [0.25, 0.3) is 0 Å². The Kier molecular flexibility index (Phi) is 4.26. The molecule has 130 valence electrons. The van der Waals surface area contributed by atoms with Crippen molar-refractivity contribution in [3.05, 3.63) is 47.7 Å². The maximum Gasteiger partial charge on any atom is 0.230 e. The van der Waals surface area contributed by atoms with Crippen LogP contribution in [0.15, 0.2) is 36.5 Å². The molecule has 1 unspecified atom stereocenters. The summed E-state index contributed by atoms with van der Waals surface area (Å²) in [4.78, 5) is 25.8. The van der Waals surface area contributed by atoms with Crippen molar-refractivity contribution in [2.24, 2.45) is 0 Å². The molecule has 25 heavy (non-hydrogen) atoms. The monoisotopic (exact) mass is 338 g/mol. The lowest BCUT2D eigenvalue weighted by atomic mass is 9.99. The van der Waals surface area contributed by atoms with E-state index >= 15 is 0 Å². The number of anilines is 1. The smallest absolute Gasteiger partial charge is 0.230 e. The highest BCUT2D eigenvalue weighted by atomic mass is 16.5. The first-order chi connectivity index (χ1) is 12.3. The zero-order chi connectivity index (χ0) is 17.2. The van der Waals surface area contributed by atoms with Crippen LogP contribution in [-0.4, -0.2) is 54.1 Å². The van der Waals surface area contributed by atoms with Crippen molar-refractivity contribution < 1.29 is 9.53 Å². The number of aryl methyl sites for hydroxylation is 1. The van der Waals surface area contributed by atoms with Gasteiger partial charge in [-0.2, -0.15) is 4.98 Å². The van der Waals surface area contributed by atoms with Gasteiger partial charge in [0, 0.05) is 38.4 Å². The molecular formula is C19H22N4O2. The van der Waals surface area contributed by atoms with Gasteiger partial charge in [-0.3, -0.25) is 4.79 Å². The number of methoxy groups -OCH3 is 1. The largest absolute Gasteiger partial charge is 0.481 e. The number of amides is 1. The number of hydrogen-bond acceptors (Lipinski definition) is 5. The summed E-state index contributed by atoms with van der Waals surface area (Å²) < 4.78 is 5.16. The van der Waals surface area contributed by atoms with Gasteiger partial charge in [-0.05, 0) is 24.0 Å². The molecular weight excluding hydrogens is 316 g/mol. The highest BCUT2D eigenvalue weighted by Crippen LogP contribution is 2.34. The van der Waals surface area contributed by atoms with Crippen LogP contribution < -0.4 is 9.64 Å². The maximum absolute atomic E-state index is 13.0. The lowest BCUT2D eigenvalue weighted by Crippen LogP contribution is -2.50. The highest BCUT2D eigenvalue weighted by Gasteiger charge is 2.33. The molecule has 4 rings (SSSR count). The molecule has 0 spiro atoms. The molecule has 1 aliphatic heterocycles. The van der Waals surface area contributed by atoms with E-state index in [9.17, 15) is 4.79 Å². The molecule has 0 N–H and O–H groups in total. The molecule has 6 heteroatoms. The van der Waals surface area contributed by atoms with Crippen LogP contribution in [-0.2, 0) is 11.2 Å². The third kappa shape index (κ3) is 3.04. The van der Waals surface area contributed by atoms with E-state index in [0.717, 1.165) is 25.9 Å². The summed E-state index contributed by atoms with van der Waals surface area (Å²) in [5.74, 6) is 1.51. The van der Waals surface area contributed by atoms with Gasteiger partial charge in [-0.25, -0.2) is 4.98 Å². The summed E-state index contributed by atoms with van der Waals surface area (Å²) in [5.41, 5.74) is 2.54. The fourth-order valence-corrected chi connectivity index (χ4v) is 3.76. The first kappa shape index (κ1) is 15.9. The average molecular weight is 338 g/mol. The molecule has 1 aliphatic carbocycles. The molecule has 0 bridgehead atoms. The van der Waals surface area contributed by atoms with Crippen molar-refractivity contribution >= 4 is 11.9 Å². The Labute approximate surface area is 147 Å². The number of aromatic nitrogens is 2. The minimum atomic E-state index is 0.0239. The minimum Gasteiger partial charge on any atom is -0.481 e. The second kappa shape index (κ2) is 6.70. The molecule has 1 fully saturated rings. The van der Waals surface area contributed by atoms with E-state index in [1.807, 2.05) is 11.0 Å². The molecule has 1 atom stereocenters. The number of nitrogens with zero attached hydrogens (tertiary/aromatic N) is 4. The minimum absolute atomic E-state index is 0.0239. The van der Waals surface area contributed by atoms with Crippen molar-refractivity contribution in [2.45, 2.75) is 18.8 Å². The average Bonchev–Trinajstić information content (AvgIpc) is 3.12. The molecule has 6 nitrogen and oxygen atoms in total. The number of hydrogen-bond donors (Lipinski definition) is 0. The standard InChI is InChI=1S/C19H22N4O2/c1-25-17-8-9-20-19(21-17)23-12-10-22(11-13-23)18(24)16-7-6-14-4-2-3-5-15(14)16/h2-5,8-9,16H,6-7,10-13H2,1H3. The number of carbonyl (C=O) groups excluding carboxylic acids is 1. The second-order valence-corrected chi connectivity index (χ2v) is 6.50. The highest BCUT2D eigenvalue weighted by molar-refractivity contribution is 5.85. The number of fused-ring (bicyclic) bond motifs is 1. The van der Waals surface area contributed by atoms with Crippen LogP contribution >= 0.6 is 0 Å². The van der Waals surface area contributed by atoms with Crippen molar-refractivity contribution in [3.63, 3.8) is 0 Å². The van der Waals surface area contributed by atoms with E-state index in [-0.39, 0.29) is 11.8 Å². The Hall–Kier alpha value is -2.63. The van der Waals surface area contributed by atoms with E-state index in [0.29, 0.717) is 24.9 Å². The van der Waals surface area contributed by atoms with E-state index in [1.165, 1.54) is 11.1 Å². The summed E-state index contributed by atoms with van der Waals surface area (Å²) in [6, 6.07) is 10.1. The number of piperazine rings is 1. The Morgan fingerprint density at radius 3 is 2.76 bits per heavy atom. The summed E-state index contributed by atoms with van der Waals surface area (Å²) >= 11 is 0. The van der Waals surface area contributed by atoms with E-state index in [2.05, 4.69) is 33.1 Å². The molecule has 2 aliphatic rings. The van der Waals surface area contributed by atoms with Gasteiger partial charge in [0.25, 0.3) is 0 Å².